The van der Waals surface area contributed by atoms with Crippen LogP contribution in [0.15, 0.2) is 135 Å². The first kappa shape index (κ1) is 42.9. The molecule has 0 aliphatic carbocycles. The van der Waals surface area contributed by atoms with E-state index < -0.39 is 0 Å². The van der Waals surface area contributed by atoms with Crippen LogP contribution in [0.25, 0.3) is 93.8 Å². The minimum Gasteiger partial charge on any atom is -0.456 e. The first-order valence-corrected chi connectivity index (χ1v) is 25.6. The van der Waals surface area contributed by atoms with Crippen molar-refractivity contribution in [1.82, 2.24) is 13.4 Å². The fourth-order valence-corrected chi connectivity index (χ4v) is 14.4. The normalized spacial score (nSPS) is 12.9. The molecule has 0 saturated carbocycles. The number of fused-ring (bicyclic) bond motifs is 14. The number of furan rings is 2. The zero-order chi connectivity index (χ0) is 49.5. The second-order valence-electron chi connectivity index (χ2n) is 20.9. The number of rotatable bonds is 3. The van der Waals surface area contributed by atoms with Crippen LogP contribution in [0.1, 0.15) is 63.9 Å². The zero-order valence-corrected chi connectivity index (χ0v) is 42.8. The van der Waals surface area contributed by atoms with Gasteiger partial charge in [-0.15, -0.1) is 0 Å². The summed E-state index contributed by atoms with van der Waals surface area (Å²) >= 11 is 0. The summed E-state index contributed by atoms with van der Waals surface area (Å²) < 4.78 is 20.1. The number of aryl methyl sites for hydroxylation is 9. The molecule has 0 bridgehead atoms. The van der Waals surface area contributed by atoms with E-state index in [9.17, 15) is 0 Å². The summed E-state index contributed by atoms with van der Waals surface area (Å²) in [6.45, 7) is 23.8. The molecule has 8 aromatic carbocycles. The molecular formula is C64H53B2N3O3. The molecule has 0 fully saturated rings. The van der Waals surface area contributed by atoms with E-state index in [0.29, 0.717) is 0 Å². The average Bonchev–Trinajstić information content (AvgIpc) is 4.10. The minimum absolute atomic E-state index is 0.0883. The summed E-state index contributed by atoms with van der Waals surface area (Å²) in [6, 6.07) is 44.2. The second kappa shape index (κ2) is 14.8. The largest absolute Gasteiger partial charge is 0.456 e. The Balaban J connectivity index is 0.00000238. The van der Waals surface area contributed by atoms with Crippen LogP contribution in [0.3, 0.4) is 0 Å². The van der Waals surface area contributed by atoms with Crippen molar-refractivity contribution in [1.29, 1.82) is 0 Å². The molecule has 0 saturated heterocycles. The fraction of sp³-hybridized carbons (Fsp3) is 0.172. The van der Waals surface area contributed by atoms with E-state index in [-0.39, 0.29) is 19.1 Å². The van der Waals surface area contributed by atoms with Crippen LogP contribution in [0.2, 0.25) is 0 Å². The van der Waals surface area contributed by atoms with Gasteiger partial charge in [0.1, 0.15) is 33.6 Å². The molecular weight excluding hydrogens is 880 g/mol. The van der Waals surface area contributed by atoms with E-state index >= 15 is 4.79 Å². The lowest BCUT2D eigenvalue weighted by Gasteiger charge is -2.36. The van der Waals surface area contributed by atoms with Gasteiger partial charge in [-0.2, -0.15) is 0 Å². The van der Waals surface area contributed by atoms with Crippen molar-refractivity contribution in [3.05, 3.63) is 182 Å². The highest BCUT2D eigenvalue weighted by molar-refractivity contribution is 7.03. The highest BCUT2D eigenvalue weighted by Gasteiger charge is 2.47. The summed E-state index contributed by atoms with van der Waals surface area (Å²) in [5, 5.41) is 6.28. The second-order valence-corrected chi connectivity index (χ2v) is 20.9. The van der Waals surface area contributed by atoms with Gasteiger partial charge in [-0.05, 0) is 143 Å². The highest BCUT2D eigenvalue weighted by atomic mass is 16.3. The molecule has 0 radical (unpaired) electrons. The third-order valence-electron chi connectivity index (χ3n) is 16.4. The van der Waals surface area contributed by atoms with Gasteiger partial charge in [-0.25, -0.2) is 13.6 Å². The highest BCUT2D eigenvalue weighted by Crippen LogP contribution is 2.41. The van der Waals surface area contributed by atoms with E-state index in [1.807, 2.05) is 34.8 Å². The standard InChI is InChI=1S/C62H47B2N3O3.C2H6/c1-30-22-33(4)50(34(5)23-30)39-28-42-59-43(29-39)64(56-37(8)26-32(3)27-38(56)9)58-54-45(19-21-49-52(54)41-15-11-13-17-47(41)70-49)66-61(58)67(59)60-57(63(42)55-35(6)24-31(2)25-36(55)7)53-44(65(60)62(66)68)18-20-48-51(53)40-14-10-12-16-46(40)69-48;1-2/h10-29H,1-9H3;1-2H3. The monoisotopic (exact) mass is 933 g/mol. The number of hydrogen-bond donors (Lipinski definition) is 0. The number of nitrogens with zero attached hydrogens (tertiary/aromatic N) is 3. The molecule has 15 rings (SSSR count). The van der Waals surface area contributed by atoms with Crippen LogP contribution in [-0.2, 0) is 0 Å². The molecule has 2 aliphatic heterocycles. The number of benzene rings is 8. The topological polar surface area (TPSA) is 57.1 Å². The van der Waals surface area contributed by atoms with E-state index in [4.69, 9.17) is 8.83 Å². The SMILES string of the molecule is CC.Cc1cc(C)c(B2c3cc(-c4c(C)cc(C)cc4C)cc4c3-n3c5c2c2c6c(ccc2n5c(=O)n2c5ccc7oc8ccccc8c7c5c(c32)B4c2c(C)cc(C)cc2C)oc2ccccc26)c(C)c1. The lowest BCUT2D eigenvalue weighted by Crippen LogP contribution is -2.65. The van der Waals surface area contributed by atoms with Gasteiger partial charge >= 0.3 is 5.69 Å². The molecule has 8 heteroatoms. The Morgan fingerprint density at radius 1 is 0.417 bits per heavy atom. The number of hydrogen-bond acceptors (Lipinski definition) is 3. The van der Waals surface area contributed by atoms with Crippen molar-refractivity contribution < 1.29 is 8.83 Å². The average molecular weight is 934 g/mol. The van der Waals surface area contributed by atoms with Crippen molar-refractivity contribution in [3.63, 3.8) is 0 Å². The Labute approximate surface area is 418 Å². The van der Waals surface area contributed by atoms with Crippen LogP contribution in [0.5, 0.6) is 0 Å². The Morgan fingerprint density at radius 2 is 0.806 bits per heavy atom. The van der Waals surface area contributed by atoms with Gasteiger partial charge in [0.2, 0.25) is 13.4 Å². The zero-order valence-electron chi connectivity index (χ0n) is 42.8. The van der Waals surface area contributed by atoms with Crippen molar-refractivity contribution >= 4 is 123 Å². The van der Waals surface area contributed by atoms with Crippen LogP contribution in [0.4, 0.5) is 0 Å². The summed E-state index contributed by atoms with van der Waals surface area (Å²) in [6.07, 6.45) is 0. The van der Waals surface area contributed by atoms with Gasteiger partial charge in [-0.3, -0.25) is 4.57 Å². The Morgan fingerprint density at radius 3 is 1.22 bits per heavy atom. The van der Waals surface area contributed by atoms with Gasteiger partial charge in [-0.1, -0.05) is 149 Å². The third kappa shape index (κ3) is 5.34. The van der Waals surface area contributed by atoms with E-state index in [0.717, 1.165) is 93.6 Å². The first-order valence-electron chi connectivity index (χ1n) is 25.6. The van der Waals surface area contributed by atoms with Crippen LogP contribution in [0, 0.1) is 62.3 Å². The maximum Gasteiger partial charge on any atom is 0.340 e. The van der Waals surface area contributed by atoms with Crippen LogP contribution in [-0.4, -0.2) is 26.8 Å². The summed E-state index contributed by atoms with van der Waals surface area (Å²) in [5.41, 5.74) is 28.8. The lowest BCUT2D eigenvalue weighted by molar-refractivity contribution is 0.669. The summed E-state index contributed by atoms with van der Waals surface area (Å²) in [7, 11) is 0. The van der Waals surface area contributed by atoms with Gasteiger partial charge in [0, 0.05) is 38.0 Å². The molecule has 0 spiro atoms. The molecule has 72 heavy (non-hydrogen) atoms. The Hall–Kier alpha value is -7.96. The summed E-state index contributed by atoms with van der Waals surface area (Å²) in [5.74, 6) is 0. The van der Waals surface area contributed by atoms with Gasteiger partial charge in [0.25, 0.3) is 0 Å². The predicted octanol–water partition coefficient (Wildman–Crippen LogP) is 11.6. The van der Waals surface area contributed by atoms with Crippen molar-refractivity contribution in [2.45, 2.75) is 76.2 Å². The minimum atomic E-state index is -0.245. The predicted molar refractivity (Wildman–Crippen MR) is 305 cm³/mol. The maximum atomic E-state index is 16.5. The molecule has 7 heterocycles. The number of para-hydroxylation sites is 2. The van der Waals surface area contributed by atoms with E-state index in [1.165, 1.54) is 83.0 Å². The van der Waals surface area contributed by atoms with Gasteiger partial charge in [0.05, 0.1) is 11.0 Å². The van der Waals surface area contributed by atoms with Crippen molar-refractivity contribution in [2.24, 2.45) is 0 Å². The Bertz CT molecular complexity index is 4360. The fourth-order valence-electron chi connectivity index (χ4n) is 14.4. The molecule has 348 valence electrons. The molecule has 0 unspecified atom stereocenters. The van der Waals surface area contributed by atoms with Gasteiger partial charge in [0.15, 0.2) is 0 Å². The number of aromatic nitrogens is 3. The smallest absolute Gasteiger partial charge is 0.340 e. The molecule has 2 aliphatic rings. The molecule has 13 aromatic rings. The van der Waals surface area contributed by atoms with Crippen LogP contribution < -0.4 is 38.5 Å². The molecule has 6 nitrogen and oxygen atoms in total. The lowest BCUT2D eigenvalue weighted by atomic mass is 9.30. The third-order valence-corrected chi connectivity index (χ3v) is 16.4. The van der Waals surface area contributed by atoms with Crippen molar-refractivity contribution in [2.75, 3.05) is 0 Å². The Kier molecular flexibility index (Phi) is 8.81. The van der Waals surface area contributed by atoms with Gasteiger partial charge < -0.3 is 8.83 Å². The molecule has 0 atom stereocenters. The van der Waals surface area contributed by atoms with Crippen molar-refractivity contribution in [3.8, 4) is 16.8 Å². The van der Waals surface area contributed by atoms with Crippen LogP contribution >= 0.6 is 0 Å². The molecule has 0 amide bonds. The van der Waals surface area contributed by atoms with E-state index in [1.54, 1.807) is 0 Å². The maximum absolute atomic E-state index is 16.5. The molecule has 5 aromatic heterocycles. The summed E-state index contributed by atoms with van der Waals surface area (Å²) in [4.78, 5) is 16.5. The van der Waals surface area contributed by atoms with E-state index in [2.05, 4.69) is 176 Å². The first-order chi connectivity index (χ1) is 34.9. The quantitative estimate of drug-likeness (QED) is 0.166. The molecule has 0 N–H and O–H groups in total.